The Bertz CT molecular complexity index is 1280. The van der Waals surface area contributed by atoms with E-state index < -0.39 is 5.97 Å². The van der Waals surface area contributed by atoms with E-state index in [4.69, 9.17) is 4.74 Å². The molecule has 10 heteroatoms. The molecular formula is C24H24N6O3S. The van der Waals surface area contributed by atoms with Crippen LogP contribution in [0.25, 0.3) is 5.69 Å². The van der Waals surface area contributed by atoms with Crippen LogP contribution in [-0.2, 0) is 14.3 Å². The summed E-state index contributed by atoms with van der Waals surface area (Å²) in [7, 11) is 0. The molecule has 2 aromatic carbocycles. The third-order valence-electron chi connectivity index (χ3n) is 4.97. The quantitative estimate of drug-likeness (QED) is 0.411. The van der Waals surface area contributed by atoms with E-state index in [9.17, 15) is 9.59 Å². The summed E-state index contributed by atoms with van der Waals surface area (Å²) in [6, 6.07) is 15.3. The summed E-state index contributed by atoms with van der Waals surface area (Å²) in [5.41, 5.74) is 4.09. The van der Waals surface area contributed by atoms with Gasteiger partial charge in [-0.2, -0.15) is 0 Å². The third kappa shape index (κ3) is 5.18. The Kier molecular flexibility index (Phi) is 7.07. The standard InChI is InChI=1S/C24H24N6O3S/c1-4-33-23(32)21-16(3)26-18-7-5-6-8-19(18)27-22(21)28-20(31)13-34-24-29-25-14-30(24)17-11-9-15(2)10-12-17/h5-12,14,26H,4,13H2,1-3H3,(H,27,28,31). The molecule has 4 rings (SSSR count). The zero-order valence-corrected chi connectivity index (χ0v) is 19.8. The van der Waals surface area contributed by atoms with Gasteiger partial charge in [0, 0.05) is 11.4 Å². The number of hydrogen-bond acceptors (Lipinski definition) is 8. The molecule has 1 aliphatic heterocycles. The minimum absolute atomic E-state index is 0.0494. The predicted molar refractivity (Wildman–Crippen MR) is 131 cm³/mol. The fourth-order valence-electron chi connectivity index (χ4n) is 3.34. The number of aliphatic imine (C=N–C) groups is 1. The number of allylic oxidation sites excluding steroid dienone is 1. The topological polar surface area (TPSA) is 110 Å². The van der Waals surface area contributed by atoms with Gasteiger partial charge in [-0.15, -0.1) is 10.2 Å². The van der Waals surface area contributed by atoms with Crippen LogP contribution in [-0.4, -0.2) is 44.8 Å². The third-order valence-corrected chi connectivity index (χ3v) is 5.91. The number of aromatic nitrogens is 3. The first-order valence-electron chi connectivity index (χ1n) is 10.7. The van der Waals surface area contributed by atoms with Crippen molar-refractivity contribution in [1.29, 1.82) is 0 Å². The molecule has 0 spiro atoms. The summed E-state index contributed by atoms with van der Waals surface area (Å²) in [6.45, 7) is 5.69. The lowest BCUT2D eigenvalue weighted by Crippen LogP contribution is -2.36. The maximum atomic E-state index is 12.9. The molecule has 2 N–H and O–H groups in total. The van der Waals surface area contributed by atoms with Gasteiger partial charge in [-0.25, -0.2) is 9.79 Å². The number of hydrogen-bond donors (Lipinski definition) is 2. The molecule has 0 saturated heterocycles. The number of fused-ring (bicyclic) bond motifs is 1. The highest BCUT2D eigenvalue weighted by molar-refractivity contribution is 7.99. The fraction of sp³-hybridized carbons (Fsp3) is 0.208. The second-order valence-corrected chi connectivity index (χ2v) is 8.42. The molecule has 9 nitrogen and oxygen atoms in total. The number of esters is 1. The van der Waals surface area contributed by atoms with E-state index in [-0.39, 0.29) is 29.7 Å². The van der Waals surface area contributed by atoms with Gasteiger partial charge in [-0.05, 0) is 45.0 Å². The minimum atomic E-state index is -0.564. The molecule has 0 fully saturated rings. The summed E-state index contributed by atoms with van der Waals surface area (Å²) in [5.74, 6) is -0.713. The van der Waals surface area contributed by atoms with Crippen LogP contribution in [0.1, 0.15) is 19.4 Å². The van der Waals surface area contributed by atoms with Gasteiger partial charge in [0.15, 0.2) is 5.16 Å². The van der Waals surface area contributed by atoms with Crippen molar-refractivity contribution in [3.8, 4) is 5.69 Å². The Labute approximate surface area is 201 Å². The van der Waals surface area contributed by atoms with Gasteiger partial charge in [0.05, 0.1) is 23.7 Å². The van der Waals surface area contributed by atoms with E-state index in [2.05, 4.69) is 25.8 Å². The molecule has 0 unspecified atom stereocenters. The van der Waals surface area contributed by atoms with Gasteiger partial charge < -0.3 is 15.4 Å². The van der Waals surface area contributed by atoms with E-state index >= 15 is 0 Å². The van der Waals surface area contributed by atoms with E-state index in [1.807, 2.05) is 54.0 Å². The van der Waals surface area contributed by atoms with Crippen molar-refractivity contribution < 1.29 is 14.3 Å². The molecule has 1 aliphatic rings. The van der Waals surface area contributed by atoms with Crippen molar-refractivity contribution in [2.75, 3.05) is 17.7 Å². The van der Waals surface area contributed by atoms with Crippen LogP contribution in [0.2, 0.25) is 0 Å². The van der Waals surface area contributed by atoms with Gasteiger partial charge in [-0.3, -0.25) is 9.36 Å². The average Bonchev–Trinajstić information content (AvgIpc) is 3.23. The van der Waals surface area contributed by atoms with Gasteiger partial charge in [0.1, 0.15) is 17.7 Å². The summed E-state index contributed by atoms with van der Waals surface area (Å²) in [5, 5.41) is 14.7. The van der Waals surface area contributed by atoms with Crippen LogP contribution >= 0.6 is 11.8 Å². The number of nitrogens with zero attached hydrogens (tertiary/aromatic N) is 4. The molecule has 174 valence electrons. The number of aryl methyl sites for hydroxylation is 1. The largest absolute Gasteiger partial charge is 0.462 e. The van der Waals surface area contributed by atoms with Crippen LogP contribution in [0.5, 0.6) is 0 Å². The molecular weight excluding hydrogens is 452 g/mol. The number of thioether (sulfide) groups is 1. The molecule has 0 atom stereocenters. The lowest BCUT2D eigenvalue weighted by molar-refractivity contribution is -0.137. The molecule has 0 bridgehead atoms. The molecule has 1 amide bonds. The van der Waals surface area contributed by atoms with Gasteiger partial charge in [0.2, 0.25) is 5.91 Å². The van der Waals surface area contributed by atoms with E-state index in [1.165, 1.54) is 11.8 Å². The number of carbonyl (C=O) groups is 2. The number of rotatable bonds is 6. The van der Waals surface area contributed by atoms with Crippen LogP contribution < -0.4 is 10.6 Å². The van der Waals surface area contributed by atoms with Crippen molar-refractivity contribution in [2.24, 2.45) is 4.99 Å². The molecule has 0 radical (unpaired) electrons. The summed E-state index contributed by atoms with van der Waals surface area (Å²) in [6.07, 6.45) is 1.61. The minimum Gasteiger partial charge on any atom is -0.462 e. The number of anilines is 1. The van der Waals surface area contributed by atoms with Crippen LogP contribution in [0, 0.1) is 6.92 Å². The second-order valence-electron chi connectivity index (χ2n) is 7.48. The highest BCUT2D eigenvalue weighted by Crippen LogP contribution is 2.30. The first-order chi connectivity index (χ1) is 16.5. The summed E-state index contributed by atoms with van der Waals surface area (Å²) < 4.78 is 7.03. The number of para-hydroxylation sites is 2. The van der Waals surface area contributed by atoms with Crippen molar-refractivity contribution in [1.82, 2.24) is 20.1 Å². The van der Waals surface area contributed by atoms with Crippen LogP contribution in [0.15, 0.2) is 76.3 Å². The van der Waals surface area contributed by atoms with Crippen LogP contribution in [0.4, 0.5) is 11.4 Å². The smallest absolute Gasteiger partial charge is 0.343 e. The predicted octanol–water partition coefficient (Wildman–Crippen LogP) is 3.78. The molecule has 0 saturated carbocycles. The number of ether oxygens (including phenoxy) is 1. The first-order valence-corrected chi connectivity index (χ1v) is 11.7. The van der Waals surface area contributed by atoms with E-state index in [1.54, 1.807) is 26.2 Å². The molecule has 0 aliphatic carbocycles. The Morgan fingerprint density at radius 2 is 1.88 bits per heavy atom. The fourth-order valence-corrected chi connectivity index (χ4v) is 4.07. The highest BCUT2D eigenvalue weighted by atomic mass is 32.2. The van der Waals surface area contributed by atoms with Gasteiger partial charge in [0.25, 0.3) is 0 Å². The lowest BCUT2D eigenvalue weighted by Gasteiger charge is -2.13. The summed E-state index contributed by atoms with van der Waals surface area (Å²) in [4.78, 5) is 30.1. The number of amides is 1. The number of benzene rings is 2. The monoisotopic (exact) mass is 476 g/mol. The second kappa shape index (κ2) is 10.3. The lowest BCUT2D eigenvalue weighted by atomic mass is 10.2. The highest BCUT2D eigenvalue weighted by Gasteiger charge is 2.26. The summed E-state index contributed by atoms with van der Waals surface area (Å²) >= 11 is 1.24. The van der Waals surface area contributed by atoms with Crippen molar-refractivity contribution in [2.45, 2.75) is 25.9 Å². The zero-order chi connectivity index (χ0) is 24.1. The Morgan fingerprint density at radius 1 is 1.12 bits per heavy atom. The Hall–Kier alpha value is -3.92. The zero-order valence-electron chi connectivity index (χ0n) is 19.0. The van der Waals surface area contributed by atoms with Crippen molar-refractivity contribution in [3.63, 3.8) is 0 Å². The molecule has 3 aromatic rings. The Balaban J connectivity index is 1.54. The maximum absolute atomic E-state index is 12.9. The number of carbonyl (C=O) groups excluding carboxylic acids is 2. The van der Waals surface area contributed by atoms with Gasteiger partial charge in [-0.1, -0.05) is 41.6 Å². The molecule has 1 aromatic heterocycles. The molecule has 2 heterocycles. The van der Waals surface area contributed by atoms with Gasteiger partial charge >= 0.3 is 5.97 Å². The van der Waals surface area contributed by atoms with E-state index in [0.717, 1.165) is 16.9 Å². The normalized spacial score (nSPS) is 12.9. The number of amidine groups is 1. The maximum Gasteiger partial charge on any atom is 0.343 e. The van der Waals surface area contributed by atoms with Crippen LogP contribution in [0.3, 0.4) is 0 Å². The van der Waals surface area contributed by atoms with Crippen molar-refractivity contribution >= 4 is 40.8 Å². The van der Waals surface area contributed by atoms with E-state index in [0.29, 0.717) is 16.5 Å². The SMILES string of the molecule is CCOC(=O)C1=C(C)Nc2ccccc2N=C1NC(=O)CSc1nncn1-c1ccc(C)cc1. The number of nitrogens with one attached hydrogen (secondary N) is 2. The average molecular weight is 477 g/mol. The van der Waals surface area contributed by atoms with Crippen molar-refractivity contribution in [3.05, 3.63) is 71.7 Å². The molecule has 34 heavy (non-hydrogen) atoms. The first kappa shape index (κ1) is 23.2. The Morgan fingerprint density at radius 3 is 2.65 bits per heavy atom.